The van der Waals surface area contributed by atoms with Crippen LogP contribution in [0.25, 0.3) is 5.76 Å². The number of aryl methyl sites for hydroxylation is 3. The lowest BCUT2D eigenvalue weighted by Gasteiger charge is -2.24. The predicted molar refractivity (Wildman–Crippen MR) is 108 cm³/mol. The third kappa shape index (κ3) is 3.38. The van der Waals surface area contributed by atoms with Gasteiger partial charge in [0.25, 0.3) is 11.7 Å². The van der Waals surface area contributed by atoms with Crippen LogP contribution in [0.15, 0.2) is 41.8 Å². The van der Waals surface area contributed by atoms with Crippen LogP contribution in [0.3, 0.4) is 0 Å². The molecule has 29 heavy (non-hydrogen) atoms. The molecule has 3 aromatic rings. The smallest absolute Gasteiger partial charge is 0.295 e. The summed E-state index contributed by atoms with van der Waals surface area (Å²) in [6.07, 6.45) is 5.94. The van der Waals surface area contributed by atoms with Gasteiger partial charge in [-0.05, 0) is 31.7 Å². The predicted octanol–water partition coefficient (Wildman–Crippen LogP) is 2.80. The number of amides is 1. The van der Waals surface area contributed by atoms with Gasteiger partial charge in [0.05, 0.1) is 29.2 Å². The molecular formula is C20H21N5O3S. The van der Waals surface area contributed by atoms with Gasteiger partial charge in [0.15, 0.2) is 0 Å². The van der Waals surface area contributed by atoms with E-state index in [4.69, 9.17) is 0 Å². The molecule has 1 unspecified atom stereocenters. The van der Waals surface area contributed by atoms with Crippen LogP contribution in [0.4, 0.5) is 0 Å². The molecule has 3 aromatic heterocycles. The van der Waals surface area contributed by atoms with E-state index in [1.54, 1.807) is 31.3 Å². The second-order valence-electron chi connectivity index (χ2n) is 6.97. The number of likely N-dealkylation sites (tertiary alicyclic amines) is 1. The molecule has 0 spiro atoms. The fraction of sp³-hybridized carbons (Fsp3) is 0.300. The van der Waals surface area contributed by atoms with Crippen LogP contribution in [-0.4, -0.2) is 48.0 Å². The quantitative estimate of drug-likeness (QED) is 0.369. The second-order valence-corrected chi connectivity index (χ2v) is 7.95. The van der Waals surface area contributed by atoms with Gasteiger partial charge >= 0.3 is 0 Å². The fourth-order valence-electron chi connectivity index (χ4n) is 3.73. The average Bonchev–Trinajstić information content (AvgIpc) is 3.47. The first-order chi connectivity index (χ1) is 14.0. The van der Waals surface area contributed by atoms with Crippen LogP contribution in [0.1, 0.15) is 34.3 Å². The van der Waals surface area contributed by atoms with E-state index in [0.717, 1.165) is 4.88 Å². The van der Waals surface area contributed by atoms with E-state index in [0.29, 0.717) is 36.5 Å². The molecule has 0 saturated carbocycles. The molecular weight excluding hydrogens is 390 g/mol. The van der Waals surface area contributed by atoms with Gasteiger partial charge in [-0.2, -0.15) is 5.10 Å². The Kier molecular flexibility index (Phi) is 5.06. The molecule has 8 nitrogen and oxygen atoms in total. The third-order valence-electron chi connectivity index (χ3n) is 5.09. The number of H-pyrrole nitrogens is 1. The van der Waals surface area contributed by atoms with Gasteiger partial charge < -0.3 is 14.6 Å². The standard InChI is InChI=1S/C20H21N5O3S/c1-12-15(13(2)23-22-12)18(26)16-17(14-5-3-10-29-14)25(20(28)19(16)27)8-4-7-24-9-6-21-11-24/h3,5-6,9-11,17,26H,4,7-8H2,1-2H3,(H,22,23)/b18-16+. The van der Waals surface area contributed by atoms with E-state index in [1.807, 2.05) is 28.3 Å². The van der Waals surface area contributed by atoms with E-state index in [2.05, 4.69) is 15.2 Å². The maximum atomic E-state index is 12.9. The lowest BCUT2D eigenvalue weighted by atomic mass is 9.99. The zero-order chi connectivity index (χ0) is 20.5. The number of ketones is 1. The first kappa shape index (κ1) is 19.1. The molecule has 0 bridgehead atoms. The summed E-state index contributed by atoms with van der Waals surface area (Å²) in [5.74, 6) is -1.43. The van der Waals surface area contributed by atoms with E-state index in [9.17, 15) is 14.7 Å². The number of aliphatic hydroxyl groups is 1. The zero-order valence-corrected chi connectivity index (χ0v) is 16.9. The lowest BCUT2D eigenvalue weighted by Crippen LogP contribution is -2.31. The zero-order valence-electron chi connectivity index (χ0n) is 16.1. The number of aliphatic hydroxyl groups excluding tert-OH is 1. The summed E-state index contributed by atoms with van der Waals surface area (Å²) in [4.78, 5) is 32.2. The van der Waals surface area contributed by atoms with Gasteiger partial charge in [0.1, 0.15) is 5.76 Å². The third-order valence-corrected chi connectivity index (χ3v) is 6.02. The van der Waals surface area contributed by atoms with E-state index >= 15 is 0 Å². The summed E-state index contributed by atoms with van der Waals surface area (Å²) < 4.78 is 1.93. The topological polar surface area (TPSA) is 104 Å². The van der Waals surface area contributed by atoms with Crippen LogP contribution < -0.4 is 0 Å². The number of nitrogens with one attached hydrogen (secondary N) is 1. The van der Waals surface area contributed by atoms with Crippen molar-refractivity contribution < 1.29 is 14.7 Å². The van der Waals surface area contributed by atoms with Gasteiger partial charge in [0.2, 0.25) is 0 Å². The number of rotatable bonds is 6. The number of aromatic nitrogens is 4. The van der Waals surface area contributed by atoms with Crippen LogP contribution >= 0.6 is 11.3 Å². The number of imidazole rings is 1. The molecule has 1 saturated heterocycles. The molecule has 0 aromatic carbocycles. The first-order valence-corrected chi connectivity index (χ1v) is 10.2. The van der Waals surface area contributed by atoms with Gasteiger partial charge in [-0.3, -0.25) is 14.7 Å². The Bertz CT molecular complexity index is 1050. The number of Topliss-reactive ketones (excluding diaryl/α,β-unsaturated/α-hetero) is 1. The van der Waals surface area contributed by atoms with Crippen molar-refractivity contribution in [3.05, 3.63) is 63.6 Å². The van der Waals surface area contributed by atoms with Crippen LogP contribution in [0, 0.1) is 13.8 Å². The molecule has 1 amide bonds. The molecule has 1 fully saturated rings. The molecule has 4 rings (SSSR count). The van der Waals surface area contributed by atoms with Crippen LogP contribution in [0.5, 0.6) is 0 Å². The fourth-order valence-corrected chi connectivity index (χ4v) is 4.58. The molecule has 150 valence electrons. The van der Waals surface area contributed by atoms with Crippen molar-refractivity contribution in [3.8, 4) is 0 Å². The van der Waals surface area contributed by atoms with Crippen LogP contribution in [0.2, 0.25) is 0 Å². The van der Waals surface area contributed by atoms with Gasteiger partial charge in [0, 0.05) is 36.1 Å². The minimum atomic E-state index is -0.663. The Balaban J connectivity index is 1.72. The summed E-state index contributed by atoms with van der Waals surface area (Å²) in [6.45, 7) is 4.60. The number of nitrogens with zero attached hydrogens (tertiary/aromatic N) is 4. The van der Waals surface area contributed by atoms with Crippen molar-refractivity contribution in [2.45, 2.75) is 32.9 Å². The number of carbonyl (C=O) groups excluding carboxylic acids is 2. The summed E-state index contributed by atoms with van der Waals surface area (Å²) in [6, 6.07) is 3.15. The maximum Gasteiger partial charge on any atom is 0.295 e. The Morgan fingerprint density at radius 2 is 2.14 bits per heavy atom. The number of hydrogen-bond acceptors (Lipinski definition) is 6. The van der Waals surface area contributed by atoms with Crippen molar-refractivity contribution in [2.24, 2.45) is 0 Å². The number of thiophene rings is 1. The molecule has 1 aliphatic heterocycles. The van der Waals surface area contributed by atoms with Gasteiger partial charge in [-0.25, -0.2) is 4.98 Å². The van der Waals surface area contributed by atoms with Crippen LogP contribution in [-0.2, 0) is 16.1 Å². The van der Waals surface area contributed by atoms with E-state index in [-0.39, 0.29) is 11.3 Å². The highest BCUT2D eigenvalue weighted by Gasteiger charge is 2.46. The SMILES string of the molecule is Cc1n[nH]c(C)c1/C(O)=C1\C(=O)C(=O)N(CCCn2ccnc2)C1c1cccs1. The van der Waals surface area contributed by atoms with Crippen molar-refractivity contribution in [2.75, 3.05) is 6.54 Å². The Hall–Kier alpha value is -3.20. The number of carbonyl (C=O) groups is 2. The summed E-state index contributed by atoms with van der Waals surface area (Å²) in [5.41, 5.74) is 1.82. The van der Waals surface area contributed by atoms with E-state index < -0.39 is 17.7 Å². The normalized spacial score (nSPS) is 18.7. The highest BCUT2D eigenvalue weighted by molar-refractivity contribution is 7.10. The van der Waals surface area contributed by atoms with Crippen molar-refractivity contribution in [3.63, 3.8) is 0 Å². The van der Waals surface area contributed by atoms with Gasteiger partial charge in [-0.15, -0.1) is 11.3 Å². The van der Waals surface area contributed by atoms with Crippen molar-refractivity contribution >= 4 is 28.8 Å². The summed E-state index contributed by atoms with van der Waals surface area (Å²) in [7, 11) is 0. The molecule has 0 aliphatic carbocycles. The molecule has 9 heteroatoms. The van der Waals surface area contributed by atoms with Gasteiger partial charge in [-0.1, -0.05) is 6.07 Å². The molecule has 1 atom stereocenters. The highest BCUT2D eigenvalue weighted by atomic mass is 32.1. The molecule has 1 aliphatic rings. The Morgan fingerprint density at radius 3 is 2.76 bits per heavy atom. The highest BCUT2D eigenvalue weighted by Crippen LogP contribution is 2.41. The minimum absolute atomic E-state index is 0.118. The van der Waals surface area contributed by atoms with Crippen molar-refractivity contribution in [1.82, 2.24) is 24.6 Å². The average molecular weight is 411 g/mol. The largest absolute Gasteiger partial charge is 0.507 e. The first-order valence-electron chi connectivity index (χ1n) is 9.28. The lowest BCUT2D eigenvalue weighted by molar-refractivity contribution is -0.139. The van der Waals surface area contributed by atoms with E-state index in [1.165, 1.54) is 11.3 Å². The maximum absolute atomic E-state index is 12.9. The second kappa shape index (κ2) is 7.67. The monoisotopic (exact) mass is 411 g/mol. The minimum Gasteiger partial charge on any atom is -0.507 e. The summed E-state index contributed by atoms with van der Waals surface area (Å²) in [5, 5.41) is 19.9. The number of aromatic amines is 1. The Labute approximate surface area is 171 Å². The van der Waals surface area contributed by atoms with Crippen molar-refractivity contribution in [1.29, 1.82) is 0 Å². The molecule has 2 N–H and O–H groups in total. The molecule has 4 heterocycles. The Morgan fingerprint density at radius 1 is 1.31 bits per heavy atom. The number of hydrogen-bond donors (Lipinski definition) is 2. The summed E-state index contributed by atoms with van der Waals surface area (Å²) >= 11 is 1.46. The molecule has 0 radical (unpaired) electrons.